The summed E-state index contributed by atoms with van der Waals surface area (Å²) in [6.07, 6.45) is 0.939. The molecule has 6 heteroatoms. The molecule has 0 spiro atoms. The van der Waals surface area contributed by atoms with Gasteiger partial charge < -0.3 is 5.73 Å². The van der Waals surface area contributed by atoms with Gasteiger partial charge in [0.15, 0.2) is 0 Å². The SMILES string of the molecule is CC(C)C1CCN(S(=O)(=O)CC(N)=S)C1. The lowest BCUT2D eigenvalue weighted by atomic mass is 9.96. The third kappa shape index (κ3) is 3.39. The van der Waals surface area contributed by atoms with E-state index in [1.807, 2.05) is 0 Å². The Hall–Kier alpha value is -0.200. The van der Waals surface area contributed by atoms with E-state index in [4.69, 9.17) is 5.73 Å². The molecule has 1 rings (SSSR count). The van der Waals surface area contributed by atoms with Gasteiger partial charge in [-0.3, -0.25) is 0 Å². The summed E-state index contributed by atoms with van der Waals surface area (Å²) in [6, 6.07) is 0. The van der Waals surface area contributed by atoms with Gasteiger partial charge in [0, 0.05) is 13.1 Å². The first-order valence-electron chi connectivity index (χ1n) is 5.09. The summed E-state index contributed by atoms with van der Waals surface area (Å²) in [5.74, 6) is 0.786. The number of sulfonamides is 1. The smallest absolute Gasteiger partial charge is 0.220 e. The van der Waals surface area contributed by atoms with Gasteiger partial charge in [0.2, 0.25) is 10.0 Å². The van der Waals surface area contributed by atoms with Crippen molar-refractivity contribution in [1.82, 2.24) is 4.31 Å². The molecular formula is C9H18N2O2S2. The quantitative estimate of drug-likeness (QED) is 0.741. The molecule has 1 heterocycles. The Balaban J connectivity index is 2.64. The highest BCUT2D eigenvalue weighted by Crippen LogP contribution is 2.25. The standard InChI is InChI=1S/C9H18N2O2S2/c1-7(2)8-3-4-11(5-8)15(12,13)6-9(10)14/h7-8H,3-6H2,1-2H3,(H2,10,14). The van der Waals surface area contributed by atoms with Gasteiger partial charge in [-0.2, -0.15) is 0 Å². The highest BCUT2D eigenvalue weighted by atomic mass is 32.2. The van der Waals surface area contributed by atoms with Gasteiger partial charge in [-0.05, 0) is 18.3 Å². The minimum atomic E-state index is -3.26. The molecule has 0 aromatic rings. The molecule has 0 aliphatic carbocycles. The first-order valence-corrected chi connectivity index (χ1v) is 7.11. The van der Waals surface area contributed by atoms with E-state index in [1.165, 1.54) is 4.31 Å². The summed E-state index contributed by atoms with van der Waals surface area (Å²) in [6.45, 7) is 5.46. The Morgan fingerprint density at radius 3 is 2.60 bits per heavy atom. The predicted molar refractivity (Wildman–Crippen MR) is 65.1 cm³/mol. The molecule has 0 aromatic heterocycles. The van der Waals surface area contributed by atoms with E-state index in [1.54, 1.807) is 0 Å². The highest BCUT2D eigenvalue weighted by Gasteiger charge is 2.32. The molecule has 1 aliphatic rings. The topological polar surface area (TPSA) is 63.4 Å². The number of hydrogen-bond donors (Lipinski definition) is 1. The van der Waals surface area contributed by atoms with Crippen molar-refractivity contribution in [2.45, 2.75) is 20.3 Å². The second-order valence-electron chi connectivity index (χ2n) is 4.37. The van der Waals surface area contributed by atoms with Crippen LogP contribution in [0.3, 0.4) is 0 Å². The van der Waals surface area contributed by atoms with Crippen LogP contribution in [-0.4, -0.2) is 36.6 Å². The summed E-state index contributed by atoms with van der Waals surface area (Å²) >= 11 is 4.63. The zero-order valence-electron chi connectivity index (χ0n) is 9.14. The van der Waals surface area contributed by atoms with Crippen molar-refractivity contribution in [3.63, 3.8) is 0 Å². The molecule has 0 amide bonds. The van der Waals surface area contributed by atoms with E-state index in [0.717, 1.165) is 6.42 Å². The normalized spacial score (nSPS) is 23.5. The minimum absolute atomic E-state index is 0.0444. The van der Waals surface area contributed by atoms with Gasteiger partial charge in [-0.15, -0.1) is 0 Å². The molecule has 0 aromatic carbocycles. The van der Waals surface area contributed by atoms with Crippen LogP contribution in [0.15, 0.2) is 0 Å². The van der Waals surface area contributed by atoms with Crippen molar-refractivity contribution < 1.29 is 8.42 Å². The zero-order valence-corrected chi connectivity index (χ0v) is 10.8. The Bertz CT molecular complexity index is 338. The highest BCUT2D eigenvalue weighted by molar-refractivity contribution is 7.92. The molecule has 1 fully saturated rings. The zero-order chi connectivity index (χ0) is 11.6. The maximum Gasteiger partial charge on any atom is 0.220 e. The van der Waals surface area contributed by atoms with E-state index >= 15 is 0 Å². The molecule has 1 atom stereocenters. The lowest BCUT2D eigenvalue weighted by molar-refractivity contribution is 0.389. The Morgan fingerprint density at radius 1 is 1.60 bits per heavy atom. The van der Waals surface area contributed by atoms with Crippen molar-refractivity contribution in [1.29, 1.82) is 0 Å². The predicted octanol–water partition coefficient (Wildman–Crippen LogP) is 0.580. The number of hydrogen-bond acceptors (Lipinski definition) is 3. The average molecular weight is 250 g/mol. The largest absolute Gasteiger partial charge is 0.392 e. The molecule has 88 valence electrons. The van der Waals surface area contributed by atoms with Crippen LogP contribution in [0, 0.1) is 11.8 Å². The first kappa shape index (κ1) is 12.9. The molecule has 1 saturated heterocycles. The number of thiocarbonyl (C=S) groups is 1. The lowest BCUT2D eigenvalue weighted by Gasteiger charge is -2.17. The summed E-state index contributed by atoms with van der Waals surface area (Å²) in [5, 5.41) is 0. The van der Waals surface area contributed by atoms with E-state index < -0.39 is 10.0 Å². The molecule has 4 nitrogen and oxygen atoms in total. The molecule has 15 heavy (non-hydrogen) atoms. The average Bonchev–Trinajstić information content (AvgIpc) is 2.48. The summed E-state index contributed by atoms with van der Waals surface area (Å²) < 4.78 is 25.1. The van der Waals surface area contributed by atoms with Gasteiger partial charge in [0.25, 0.3) is 0 Å². The molecule has 0 radical (unpaired) electrons. The van der Waals surface area contributed by atoms with Crippen LogP contribution in [-0.2, 0) is 10.0 Å². The molecule has 1 aliphatic heterocycles. The summed E-state index contributed by atoms with van der Waals surface area (Å²) in [7, 11) is -3.26. The monoisotopic (exact) mass is 250 g/mol. The van der Waals surface area contributed by atoms with Crippen LogP contribution in [0.5, 0.6) is 0 Å². The lowest BCUT2D eigenvalue weighted by Crippen LogP contribution is -2.35. The number of nitrogens with two attached hydrogens (primary N) is 1. The first-order chi connectivity index (χ1) is 6.83. The Morgan fingerprint density at radius 2 is 2.20 bits per heavy atom. The van der Waals surface area contributed by atoms with E-state index in [2.05, 4.69) is 26.1 Å². The number of nitrogens with zero attached hydrogens (tertiary/aromatic N) is 1. The van der Waals surface area contributed by atoms with Gasteiger partial charge in [0.05, 0.1) is 4.99 Å². The summed E-state index contributed by atoms with van der Waals surface area (Å²) in [4.78, 5) is 0.0444. The Labute approximate surface area is 96.9 Å². The summed E-state index contributed by atoms with van der Waals surface area (Å²) in [5.41, 5.74) is 5.27. The van der Waals surface area contributed by atoms with Crippen molar-refractivity contribution >= 4 is 27.2 Å². The van der Waals surface area contributed by atoms with Crippen LogP contribution < -0.4 is 5.73 Å². The molecule has 0 bridgehead atoms. The fraction of sp³-hybridized carbons (Fsp3) is 0.889. The van der Waals surface area contributed by atoms with Crippen LogP contribution in [0.25, 0.3) is 0 Å². The van der Waals surface area contributed by atoms with E-state index in [9.17, 15) is 8.42 Å². The second-order valence-corrected chi connectivity index (χ2v) is 6.87. The van der Waals surface area contributed by atoms with Crippen molar-refractivity contribution in [2.24, 2.45) is 17.6 Å². The van der Waals surface area contributed by atoms with Gasteiger partial charge in [0.1, 0.15) is 5.75 Å². The molecule has 1 unspecified atom stereocenters. The molecular weight excluding hydrogens is 232 g/mol. The second kappa shape index (κ2) is 4.76. The number of rotatable bonds is 4. The third-order valence-corrected chi connectivity index (χ3v) is 4.97. The van der Waals surface area contributed by atoms with Gasteiger partial charge in [-0.25, -0.2) is 12.7 Å². The van der Waals surface area contributed by atoms with Crippen molar-refractivity contribution in [2.75, 3.05) is 18.8 Å². The minimum Gasteiger partial charge on any atom is -0.392 e. The van der Waals surface area contributed by atoms with Gasteiger partial charge >= 0.3 is 0 Å². The van der Waals surface area contributed by atoms with Crippen molar-refractivity contribution in [3.8, 4) is 0 Å². The Kier molecular flexibility index (Phi) is 4.08. The molecule has 2 N–H and O–H groups in total. The third-order valence-electron chi connectivity index (χ3n) is 2.85. The fourth-order valence-electron chi connectivity index (χ4n) is 1.82. The van der Waals surface area contributed by atoms with Crippen LogP contribution in [0.1, 0.15) is 20.3 Å². The maximum absolute atomic E-state index is 11.8. The maximum atomic E-state index is 11.8. The van der Waals surface area contributed by atoms with Crippen LogP contribution >= 0.6 is 12.2 Å². The van der Waals surface area contributed by atoms with E-state index in [-0.39, 0.29) is 10.7 Å². The van der Waals surface area contributed by atoms with Crippen molar-refractivity contribution in [3.05, 3.63) is 0 Å². The fourth-order valence-corrected chi connectivity index (χ4v) is 3.61. The molecule has 0 saturated carbocycles. The van der Waals surface area contributed by atoms with Crippen LogP contribution in [0.4, 0.5) is 0 Å². The van der Waals surface area contributed by atoms with E-state index in [0.29, 0.717) is 24.9 Å². The van der Waals surface area contributed by atoms with Gasteiger partial charge in [-0.1, -0.05) is 26.1 Å². The van der Waals surface area contributed by atoms with Crippen LogP contribution in [0.2, 0.25) is 0 Å².